The van der Waals surface area contributed by atoms with Crippen LogP contribution < -0.4 is 10.6 Å². The molecule has 7 heteroatoms. The Kier molecular flexibility index (Phi) is 5.85. The van der Waals surface area contributed by atoms with Gasteiger partial charge in [-0.1, -0.05) is 35.9 Å². The van der Waals surface area contributed by atoms with E-state index in [1.807, 2.05) is 19.1 Å². The molecule has 0 aliphatic heterocycles. The molecule has 0 heterocycles. The molecular formula is C17H16ClF3N2O. The zero-order valence-corrected chi connectivity index (χ0v) is 13.6. The number of amides is 1. The molecule has 3 nitrogen and oxygen atoms in total. The van der Waals surface area contributed by atoms with Crippen LogP contribution in [-0.2, 0) is 11.0 Å². The molecule has 24 heavy (non-hydrogen) atoms. The number of anilines is 1. The van der Waals surface area contributed by atoms with E-state index in [1.54, 1.807) is 12.1 Å². The third kappa shape index (κ3) is 4.97. The molecule has 2 rings (SSSR count). The van der Waals surface area contributed by atoms with Crippen LogP contribution in [-0.4, -0.2) is 12.5 Å². The summed E-state index contributed by atoms with van der Waals surface area (Å²) in [5, 5.41) is 6.01. The fourth-order valence-electron chi connectivity index (χ4n) is 2.16. The molecule has 0 spiro atoms. The van der Waals surface area contributed by atoms with Crippen molar-refractivity contribution in [2.75, 3.05) is 11.9 Å². The number of hydrogen-bond donors (Lipinski definition) is 2. The van der Waals surface area contributed by atoms with Crippen molar-refractivity contribution in [2.45, 2.75) is 19.1 Å². The first kappa shape index (κ1) is 18.3. The highest BCUT2D eigenvalue weighted by Crippen LogP contribution is 2.30. The van der Waals surface area contributed by atoms with Crippen LogP contribution in [0.5, 0.6) is 0 Å². The molecule has 0 aliphatic rings. The van der Waals surface area contributed by atoms with Gasteiger partial charge >= 0.3 is 6.18 Å². The first-order valence-corrected chi connectivity index (χ1v) is 7.60. The van der Waals surface area contributed by atoms with Gasteiger partial charge in [-0.2, -0.15) is 13.2 Å². The molecule has 0 aromatic heterocycles. The van der Waals surface area contributed by atoms with Crippen LogP contribution in [0.25, 0.3) is 0 Å². The van der Waals surface area contributed by atoms with Crippen LogP contribution in [0.3, 0.4) is 0 Å². The standard InChI is InChI=1S/C17H16ClF3N2O/c1-11(14-7-2-3-8-15(14)18)22-10-16(24)23-13-6-4-5-12(9-13)17(19,20)21/h2-9,11,22H,10H2,1H3,(H,23,24)/t11-/m1/s1. The minimum atomic E-state index is -4.45. The normalized spacial score (nSPS) is 12.7. The van der Waals surface area contributed by atoms with Gasteiger partial charge in [-0.25, -0.2) is 0 Å². The second kappa shape index (κ2) is 7.68. The molecule has 128 valence electrons. The quantitative estimate of drug-likeness (QED) is 0.818. The van der Waals surface area contributed by atoms with E-state index < -0.39 is 17.6 Å². The molecule has 0 bridgehead atoms. The van der Waals surface area contributed by atoms with Crippen LogP contribution >= 0.6 is 11.6 Å². The SMILES string of the molecule is C[C@@H](NCC(=O)Nc1cccc(C(F)(F)F)c1)c1ccccc1Cl. The number of halogens is 4. The van der Waals surface area contributed by atoms with Gasteiger partial charge in [0.15, 0.2) is 0 Å². The molecule has 0 saturated heterocycles. The minimum Gasteiger partial charge on any atom is -0.325 e. The molecule has 0 aliphatic carbocycles. The van der Waals surface area contributed by atoms with Crippen LogP contribution in [0.15, 0.2) is 48.5 Å². The Morgan fingerprint density at radius 2 is 1.88 bits per heavy atom. The maximum Gasteiger partial charge on any atom is 0.416 e. The highest BCUT2D eigenvalue weighted by atomic mass is 35.5. The lowest BCUT2D eigenvalue weighted by Gasteiger charge is -2.16. The highest BCUT2D eigenvalue weighted by molar-refractivity contribution is 6.31. The Labute approximate surface area is 142 Å². The summed E-state index contributed by atoms with van der Waals surface area (Å²) in [5.41, 5.74) is 0.130. The van der Waals surface area contributed by atoms with Gasteiger partial charge in [-0.15, -0.1) is 0 Å². The predicted octanol–water partition coefficient (Wildman–Crippen LogP) is 4.65. The summed E-state index contributed by atoms with van der Waals surface area (Å²) in [6.07, 6.45) is -4.45. The minimum absolute atomic E-state index is 0.0529. The number of alkyl halides is 3. The van der Waals surface area contributed by atoms with E-state index in [1.165, 1.54) is 12.1 Å². The molecule has 0 unspecified atom stereocenters. The zero-order valence-electron chi connectivity index (χ0n) is 12.8. The highest BCUT2D eigenvalue weighted by Gasteiger charge is 2.30. The third-order valence-corrected chi connectivity index (χ3v) is 3.76. The number of nitrogens with one attached hydrogen (secondary N) is 2. The molecule has 0 radical (unpaired) electrons. The number of benzene rings is 2. The topological polar surface area (TPSA) is 41.1 Å². The van der Waals surface area contributed by atoms with E-state index in [4.69, 9.17) is 11.6 Å². The van der Waals surface area contributed by atoms with E-state index in [-0.39, 0.29) is 18.3 Å². The Morgan fingerprint density at radius 3 is 2.54 bits per heavy atom. The van der Waals surface area contributed by atoms with E-state index in [0.29, 0.717) is 5.02 Å². The van der Waals surface area contributed by atoms with Crippen LogP contribution in [0.2, 0.25) is 5.02 Å². The van der Waals surface area contributed by atoms with Gasteiger partial charge in [0.05, 0.1) is 12.1 Å². The van der Waals surface area contributed by atoms with Gasteiger partial charge in [0, 0.05) is 16.8 Å². The van der Waals surface area contributed by atoms with Gasteiger partial charge in [0.2, 0.25) is 5.91 Å². The summed E-state index contributed by atoms with van der Waals surface area (Å²) in [5.74, 6) is -0.437. The van der Waals surface area contributed by atoms with Gasteiger partial charge in [0.25, 0.3) is 0 Å². The summed E-state index contributed by atoms with van der Waals surface area (Å²) in [6.45, 7) is 1.79. The van der Waals surface area contributed by atoms with Crippen LogP contribution in [0, 0.1) is 0 Å². The third-order valence-electron chi connectivity index (χ3n) is 3.41. The lowest BCUT2D eigenvalue weighted by molar-refractivity contribution is -0.137. The largest absolute Gasteiger partial charge is 0.416 e. The maximum absolute atomic E-state index is 12.6. The maximum atomic E-state index is 12.6. The second-order valence-corrected chi connectivity index (χ2v) is 5.66. The Bertz CT molecular complexity index is 719. The zero-order chi connectivity index (χ0) is 17.7. The van der Waals surface area contributed by atoms with Crippen molar-refractivity contribution in [3.63, 3.8) is 0 Å². The smallest absolute Gasteiger partial charge is 0.325 e. The average molecular weight is 357 g/mol. The Hall–Kier alpha value is -2.05. The monoisotopic (exact) mass is 356 g/mol. The van der Waals surface area contributed by atoms with Crippen LogP contribution in [0.1, 0.15) is 24.1 Å². The summed E-state index contributed by atoms with van der Waals surface area (Å²) < 4.78 is 37.9. The van der Waals surface area contributed by atoms with E-state index in [9.17, 15) is 18.0 Å². The van der Waals surface area contributed by atoms with E-state index in [2.05, 4.69) is 10.6 Å². The van der Waals surface area contributed by atoms with Crippen molar-refractivity contribution in [2.24, 2.45) is 0 Å². The van der Waals surface area contributed by atoms with Crippen molar-refractivity contribution in [1.29, 1.82) is 0 Å². The molecule has 1 atom stereocenters. The summed E-state index contributed by atoms with van der Waals surface area (Å²) in [7, 11) is 0. The van der Waals surface area contributed by atoms with Gasteiger partial charge in [0.1, 0.15) is 0 Å². The van der Waals surface area contributed by atoms with E-state index >= 15 is 0 Å². The second-order valence-electron chi connectivity index (χ2n) is 5.25. The Morgan fingerprint density at radius 1 is 1.17 bits per heavy atom. The van der Waals surface area contributed by atoms with Crippen molar-refractivity contribution in [1.82, 2.24) is 5.32 Å². The van der Waals surface area contributed by atoms with Crippen molar-refractivity contribution in [3.05, 3.63) is 64.7 Å². The molecule has 0 saturated carbocycles. The lowest BCUT2D eigenvalue weighted by atomic mass is 10.1. The average Bonchev–Trinajstić information content (AvgIpc) is 2.52. The number of carbonyl (C=O) groups is 1. The first-order valence-electron chi connectivity index (χ1n) is 7.22. The number of hydrogen-bond acceptors (Lipinski definition) is 2. The van der Waals surface area contributed by atoms with E-state index in [0.717, 1.165) is 17.7 Å². The van der Waals surface area contributed by atoms with Crippen molar-refractivity contribution >= 4 is 23.2 Å². The fraction of sp³-hybridized carbons (Fsp3) is 0.235. The fourth-order valence-corrected chi connectivity index (χ4v) is 2.46. The Balaban J connectivity index is 1.93. The van der Waals surface area contributed by atoms with Gasteiger partial charge in [-0.05, 0) is 36.8 Å². The van der Waals surface area contributed by atoms with Crippen molar-refractivity contribution < 1.29 is 18.0 Å². The van der Waals surface area contributed by atoms with Gasteiger partial charge in [-0.3, -0.25) is 4.79 Å². The number of carbonyl (C=O) groups excluding carboxylic acids is 1. The summed E-state index contributed by atoms with van der Waals surface area (Å²) in [4.78, 5) is 11.9. The van der Waals surface area contributed by atoms with Crippen molar-refractivity contribution in [3.8, 4) is 0 Å². The number of rotatable bonds is 5. The summed E-state index contributed by atoms with van der Waals surface area (Å²) >= 11 is 6.08. The molecule has 1 amide bonds. The molecule has 2 aromatic carbocycles. The molecular weight excluding hydrogens is 341 g/mol. The summed E-state index contributed by atoms with van der Waals surface area (Å²) in [6, 6.07) is 11.6. The van der Waals surface area contributed by atoms with Gasteiger partial charge < -0.3 is 10.6 Å². The van der Waals surface area contributed by atoms with Crippen LogP contribution in [0.4, 0.5) is 18.9 Å². The molecule has 2 N–H and O–H groups in total. The first-order chi connectivity index (χ1) is 11.3. The molecule has 0 fully saturated rings. The molecule has 2 aromatic rings. The predicted molar refractivity (Wildman–Crippen MR) is 87.9 cm³/mol. The lowest BCUT2D eigenvalue weighted by Crippen LogP contribution is -2.30.